The predicted octanol–water partition coefficient (Wildman–Crippen LogP) is 5.49. The van der Waals surface area contributed by atoms with Crippen molar-refractivity contribution in [2.75, 3.05) is 30.9 Å². The van der Waals surface area contributed by atoms with Crippen molar-refractivity contribution in [2.45, 2.75) is 55.8 Å². The predicted molar refractivity (Wildman–Crippen MR) is 130 cm³/mol. The number of fused-ring (bicyclic) bond motifs is 1. The first-order valence-corrected chi connectivity index (χ1v) is 12.3. The standard InChI is InChI=1S/C26H34N2O2S/c1-19(2)14-15-22(27-16-8-9-17-27)26(29)28-21-11-5-7-13-25(21)31-18-23(28)20-10-4-6-12-24(20)30-3/h4-7,10-13,22-23,26,29H,1,8-9,14-18H2,2-3H3. The van der Waals surface area contributed by atoms with Gasteiger partial charge in [0.1, 0.15) is 12.0 Å². The lowest BCUT2D eigenvalue weighted by atomic mass is 9.99. The van der Waals surface area contributed by atoms with Crippen LogP contribution in [0.15, 0.2) is 65.6 Å². The summed E-state index contributed by atoms with van der Waals surface area (Å²) < 4.78 is 5.71. The molecule has 3 unspecified atom stereocenters. The van der Waals surface area contributed by atoms with Gasteiger partial charge in [-0.05, 0) is 63.9 Å². The van der Waals surface area contributed by atoms with Crippen LogP contribution in [-0.4, -0.2) is 48.2 Å². The van der Waals surface area contributed by atoms with Crippen molar-refractivity contribution < 1.29 is 9.84 Å². The number of rotatable bonds is 8. The van der Waals surface area contributed by atoms with Crippen LogP contribution in [0, 0.1) is 0 Å². The number of nitrogens with zero attached hydrogens (tertiary/aromatic N) is 2. The zero-order chi connectivity index (χ0) is 21.8. The molecule has 3 atom stereocenters. The Bertz CT molecular complexity index is 896. The van der Waals surface area contributed by atoms with Gasteiger partial charge in [0.15, 0.2) is 0 Å². The molecule has 2 heterocycles. The van der Waals surface area contributed by atoms with Crippen LogP contribution in [0.5, 0.6) is 5.75 Å². The van der Waals surface area contributed by atoms with Gasteiger partial charge in [0.25, 0.3) is 0 Å². The van der Waals surface area contributed by atoms with Gasteiger partial charge in [0, 0.05) is 16.2 Å². The van der Waals surface area contributed by atoms with Crippen LogP contribution in [0.25, 0.3) is 0 Å². The number of aliphatic hydroxyl groups excluding tert-OH is 1. The van der Waals surface area contributed by atoms with Crippen molar-refractivity contribution in [3.05, 3.63) is 66.2 Å². The van der Waals surface area contributed by atoms with E-state index in [4.69, 9.17) is 4.74 Å². The molecule has 1 N–H and O–H groups in total. The molecule has 0 aromatic heterocycles. The third-order valence-corrected chi connectivity index (χ3v) is 7.62. The Balaban J connectivity index is 1.74. The van der Waals surface area contributed by atoms with Crippen molar-refractivity contribution in [1.29, 1.82) is 0 Å². The van der Waals surface area contributed by atoms with E-state index in [2.05, 4.69) is 59.7 Å². The van der Waals surface area contributed by atoms with Crippen molar-refractivity contribution in [2.24, 2.45) is 0 Å². The Hall–Kier alpha value is -1.95. The number of para-hydroxylation sites is 2. The van der Waals surface area contributed by atoms with E-state index >= 15 is 0 Å². The monoisotopic (exact) mass is 438 g/mol. The third kappa shape index (κ3) is 4.79. The molecule has 1 saturated heterocycles. The maximum absolute atomic E-state index is 12.0. The highest BCUT2D eigenvalue weighted by atomic mass is 32.2. The molecule has 0 bridgehead atoms. The molecule has 2 aliphatic rings. The number of benzene rings is 2. The lowest BCUT2D eigenvalue weighted by Gasteiger charge is -2.46. The lowest BCUT2D eigenvalue weighted by molar-refractivity contribution is 0.0486. The molecular weight excluding hydrogens is 404 g/mol. The molecule has 0 amide bonds. The van der Waals surface area contributed by atoms with Gasteiger partial charge in [0.2, 0.25) is 0 Å². The fourth-order valence-corrected chi connectivity index (χ4v) is 6.06. The zero-order valence-electron chi connectivity index (χ0n) is 18.7. The molecule has 2 aliphatic heterocycles. The summed E-state index contributed by atoms with van der Waals surface area (Å²) in [5.74, 6) is 1.76. The van der Waals surface area contributed by atoms with Gasteiger partial charge in [-0.15, -0.1) is 18.3 Å². The number of hydrogen-bond acceptors (Lipinski definition) is 5. The average molecular weight is 439 g/mol. The van der Waals surface area contributed by atoms with Crippen LogP contribution in [0.4, 0.5) is 5.69 Å². The van der Waals surface area contributed by atoms with Gasteiger partial charge in [-0.2, -0.15) is 0 Å². The SMILES string of the molecule is C=C(C)CCC(C(O)N1c2ccccc2SCC1c1ccccc1OC)N1CCCC1. The van der Waals surface area contributed by atoms with Crippen molar-refractivity contribution in [3.63, 3.8) is 0 Å². The number of allylic oxidation sites excluding steroid dienone is 1. The van der Waals surface area contributed by atoms with Crippen LogP contribution in [0.3, 0.4) is 0 Å². The molecule has 0 saturated carbocycles. The highest BCUT2D eigenvalue weighted by Crippen LogP contribution is 2.46. The number of ether oxygens (including phenoxy) is 1. The summed E-state index contributed by atoms with van der Waals surface area (Å²) in [6.45, 7) is 8.31. The quantitative estimate of drug-likeness (QED) is 0.552. The molecule has 5 heteroatoms. The Morgan fingerprint density at radius 1 is 1.16 bits per heavy atom. The first-order chi connectivity index (χ1) is 15.1. The van der Waals surface area contributed by atoms with Crippen molar-refractivity contribution in [1.82, 2.24) is 4.90 Å². The second-order valence-corrected chi connectivity index (χ2v) is 9.73. The molecule has 4 nitrogen and oxygen atoms in total. The second kappa shape index (κ2) is 10.1. The van der Waals surface area contributed by atoms with E-state index in [-0.39, 0.29) is 12.1 Å². The Morgan fingerprint density at radius 3 is 2.61 bits per heavy atom. The Labute approximate surface area is 190 Å². The van der Waals surface area contributed by atoms with Crippen LogP contribution in [0.2, 0.25) is 0 Å². The minimum atomic E-state index is -0.602. The molecule has 0 aliphatic carbocycles. The van der Waals surface area contributed by atoms with Crippen LogP contribution in [0.1, 0.15) is 44.2 Å². The zero-order valence-corrected chi connectivity index (χ0v) is 19.5. The van der Waals surface area contributed by atoms with E-state index in [1.54, 1.807) is 7.11 Å². The number of thioether (sulfide) groups is 1. The van der Waals surface area contributed by atoms with Gasteiger partial charge in [-0.3, -0.25) is 4.90 Å². The largest absolute Gasteiger partial charge is 0.496 e. The second-order valence-electron chi connectivity index (χ2n) is 8.66. The van der Waals surface area contributed by atoms with Gasteiger partial charge in [-0.1, -0.05) is 35.9 Å². The third-order valence-electron chi connectivity index (χ3n) is 6.48. The minimum absolute atomic E-state index is 0.0426. The van der Waals surface area contributed by atoms with E-state index < -0.39 is 6.23 Å². The van der Waals surface area contributed by atoms with Gasteiger partial charge < -0.3 is 14.7 Å². The van der Waals surface area contributed by atoms with Crippen LogP contribution < -0.4 is 9.64 Å². The maximum Gasteiger partial charge on any atom is 0.143 e. The van der Waals surface area contributed by atoms with Crippen LogP contribution in [-0.2, 0) is 0 Å². The van der Waals surface area contributed by atoms with Crippen molar-refractivity contribution in [3.8, 4) is 5.75 Å². The van der Waals surface area contributed by atoms with Gasteiger partial charge >= 0.3 is 0 Å². The minimum Gasteiger partial charge on any atom is -0.496 e. The topological polar surface area (TPSA) is 35.9 Å². The lowest BCUT2D eigenvalue weighted by Crippen LogP contribution is -2.53. The molecule has 2 aromatic carbocycles. The summed E-state index contributed by atoms with van der Waals surface area (Å²) in [5.41, 5.74) is 3.42. The van der Waals surface area contributed by atoms with Gasteiger partial charge in [0.05, 0.1) is 24.9 Å². The summed E-state index contributed by atoms with van der Waals surface area (Å²) in [6.07, 6.45) is 3.66. The molecule has 166 valence electrons. The van der Waals surface area contributed by atoms with E-state index in [0.29, 0.717) is 0 Å². The summed E-state index contributed by atoms with van der Waals surface area (Å²) >= 11 is 1.86. The van der Waals surface area contributed by atoms with E-state index in [1.807, 2.05) is 23.9 Å². The normalized spacial score (nSPS) is 20.9. The summed E-state index contributed by atoms with van der Waals surface area (Å²) in [5, 5.41) is 12.0. The highest BCUT2D eigenvalue weighted by molar-refractivity contribution is 7.99. The molecule has 1 fully saturated rings. The van der Waals surface area contributed by atoms with Gasteiger partial charge in [-0.25, -0.2) is 0 Å². The molecule has 4 rings (SSSR count). The smallest absolute Gasteiger partial charge is 0.143 e. The number of hydrogen-bond donors (Lipinski definition) is 1. The average Bonchev–Trinajstić information content (AvgIpc) is 3.32. The van der Waals surface area contributed by atoms with E-state index in [9.17, 15) is 5.11 Å². The summed E-state index contributed by atoms with van der Waals surface area (Å²) in [4.78, 5) is 5.97. The summed E-state index contributed by atoms with van der Waals surface area (Å²) in [7, 11) is 1.73. The number of anilines is 1. The number of likely N-dealkylation sites (tertiary alicyclic amines) is 1. The molecular formula is C26H34N2O2S. The number of methoxy groups -OCH3 is 1. The molecule has 31 heavy (non-hydrogen) atoms. The molecule has 0 spiro atoms. The number of aliphatic hydroxyl groups is 1. The van der Waals surface area contributed by atoms with Crippen molar-refractivity contribution >= 4 is 17.4 Å². The Morgan fingerprint density at radius 2 is 1.87 bits per heavy atom. The van der Waals surface area contributed by atoms with E-state index in [1.165, 1.54) is 23.3 Å². The first-order valence-electron chi connectivity index (χ1n) is 11.3. The summed E-state index contributed by atoms with van der Waals surface area (Å²) in [6, 6.07) is 16.8. The fourth-order valence-electron chi connectivity index (χ4n) is 4.89. The first kappa shape index (κ1) is 22.3. The van der Waals surface area contributed by atoms with E-state index in [0.717, 1.165) is 48.7 Å². The maximum atomic E-state index is 12.0. The van der Waals surface area contributed by atoms with Crippen LogP contribution >= 0.6 is 11.8 Å². The molecule has 0 radical (unpaired) electrons. The Kier molecular flexibility index (Phi) is 7.26. The fraction of sp³-hybridized carbons (Fsp3) is 0.462. The molecule has 2 aromatic rings. The highest BCUT2D eigenvalue weighted by Gasteiger charge is 2.39.